The minimum absolute atomic E-state index is 0.106. The molecular weight excluding hydrogens is 256 g/mol. The van der Waals surface area contributed by atoms with Crippen molar-refractivity contribution in [2.45, 2.75) is 52.4 Å². The summed E-state index contributed by atoms with van der Waals surface area (Å²) in [6.07, 6.45) is 4.57. The van der Waals surface area contributed by atoms with Gasteiger partial charge in [-0.05, 0) is 36.8 Å². The van der Waals surface area contributed by atoms with Crippen LogP contribution < -0.4 is 10.2 Å². The molecular formula is C16H20O4-2. The molecule has 0 aromatic heterocycles. The van der Waals surface area contributed by atoms with Gasteiger partial charge >= 0.3 is 0 Å². The Morgan fingerprint density at radius 1 is 0.850 bits per heavy atom. The van der Waals surface area contributed by atoms with Gasteiger partial charge in [-0.2, -0.15) is 0 Å². The average molecular weight is 276 g/mol. The van der Waals surface area contributed by atoms with Gasteiger partial charge in [-0.3, -0.25) is 0 Å². The third kappa shape index (κ3) is 3.83. The van der Waals surface area contributed by atoms with Gasteiger partial charge in [0.2, 0.25) is 0 Å². The third-order valence-corrected chi connectivity index (χ3v) is 3.43. The molecule has 0 N–H and O–H groups in total. The van der Waals surface area contributed by atoms with Crippen molar-refractivity contribution in [3.63, 3.8) is 0 Å². The van der Waals surface area contributed by atoms with E-state index in [0.717, 1.165) is 25.7 Å². The number of benzene rings is 1. The van der Waals surface area contributed by atoms with Gasteiger partial charge in [-0.1, -0.05) is 38.8 Å². The first-order valence-corrected chi connectivity index (χ1v) is 7.10. The van der Waals surface area contributed by atoms with Crippen LogP contribution in [0.1, 0.15) is 71.4 Å². The molecule has 0 bridgehead atoms. The molecule has 0 heterocycles. The summed E-state index contributed by atoms with van der Waals surface area (Å²) in [4.78, 5) is 22.4. The maximum absolute atomic E-state index is 11.2. The molecule has 0 fully saturated rings. The number of carbonyl (C=O) groups excluding carboxylic acids is 2. The van der Waals surface area contributed by atoms with Crippen molar-refractivity contribution in [3.8, 4) is 0 Å². The Labute approximate surface area is 119 Å². The van der Waals surface area contributed by atoms with Crippen molar-refractivity contribution < 1.29 is 19.8 Å². The van der Waals surface area contributed by atoms with Gasteiger partial charge in [-0.15, -0.1) is 0 Å². The summed E-state index contributed by atoms with van der Waals surface area (Å²) in [5.41, 5.74) is 1.41. The molecule has 0 aliphatic rings. The van der Waals surface area contributed by atoms with Gasteiger partial charge in [0.15, 0.2) is 0 Å². The summed E-state index contributed by atoms with van der Waals surface area (Å²) in [5, 5.41) is 22.4. The smallest absolute Gasteiger partial charge is 0.0718 e. The van der Waals surface area contributed by atoms with E-state index in [9.17, 15) is 19.8 Å². The number of carboxylic acid groups (broad SMARTS) is 2. The lowest BCUT2D eigenvalue weighted by molar-refractivity contribution is -0.256. The van der Waals surface area contributed by atoms with Crippen molar-refractivity contribution in [3.05, 3.63) is 34.4 Å². The summed E-state index contributed by atoms with van der Waals surface area (Å²) < 4.78 is 0. The van der Waals surface area contributed by atoms with E-state index in [1.807, 2.05) is 13.8 Å². The Kier molecular flexibility index (Phi) is 6.22. The molecule has 0 saturated heterocycles. The molecule has 0 saturated carbocycles. The lowest BCUT2D eigenvalue weighted by Crippen LogP contribution is -2.28. The topological polar surface area (TPSA) is 80.3 Å². The maximum Gasteiger partial charge on any atom is 0.0718 e. The minimum Gasteiger partial charge on any atom is -0.545 e. The van der Waals surface area contributed by atoms with Gasteiger partial charge in [0.1, 0.15) is 0 Å². The van der Waals surface area contributed by atoms with Crippen LogP contribution in [-0.4, -0.2) is 11.9 Å². The van der Waals surface area contributed by atoms with Crippen LogP contribution in [0.25, 0.3) is 0 Å². The Bertz CT molecular complexity index is 446. The lowest BCUT2D eigenvalue weighted by atomic mass is 9.89. The highest BCUT2D eigenvalue weighted by Crippen LogP contribution is 2.23. The Hall–Kier alpha value is -1.84. The van der Waals surface area contributed by atoms with E-state index in [-0.39, 0.29) is 11.1 Å². The monoisotopic (exact) mass is 276 g/mol. The minimum atomic E-state index is -1.25. The van der Waals surface area contributed by atoms with Gasteiger partial charge < -0.3 is 19.8 Å². The number of unbranched alkanes of at least 4 members (excludes halogenated alkanes) is 2. The predicted octanol–water partition coefficient (Wildman–Crippen LogP) is 1.10. The quantitative estimate of drug-likeness (QED) is 0.712. The summed E-state index contributed by atoms with van der Waals surface area (Å²) in [5.74, 6) is -2.50. The highest BCUT2D eigenvalue weighted by Gasteiger charge is 2.14. The average Bonchev–Trinajstić information content (AvgIpc) is 2.41. The molecule has 4 nitrogen and oxygen atoms in total. The zero-order valence-corrected chi connectivity index (χ0v) is 12.0. The van der Waals surface area contributed by atoms with E-state index in [1.54, 1.807) is 0 Å². The highest BCUT2D eigenvalue weighted by molar-refractivity contribution is 5.93. The first kappa shape index (κ1) is 16.2. The molecule has 0 aliphatic carbocycles. The number of aromatic carboxylic acids is 2. The molecule has 0 aliphatic heterocycles. The largest absolute Gasteiger partial charge is 0.545 e. The van der Waals surface area contributed by atoms with Crippen LogP contribution in [0, 0.1) is 0 Å². The van der Waals surface area contributed by atoms with Crippen LogP contribution >= 0.6 is 0 Å². The van der Waals surface area contributed by atoms with Crippen molar-refractivity contribution in [1.82, 2.24) is 0 Å². The maximum atomic E-state index is 11.2. The first-order valence-electron chi connectivity index (χ1n) is 7.10. The molecule has 0 unspecified atom stereocenters. The van der Waals surface area contributed by atoms with Crippen LogP contribution in [0.4, 0.5) is 0 Å². The Balaban J connectivity index is 3.37. The van der Waals surface area contributed by atoms with E-state index in [4.69, 9.17) is 0 Å². The normalized spacial score (nSPS) is 10.5. The van der Waals surface area contributed by atoms with E-state index in [0.29, 0.717) is 24.0 Å². The standard InChI is InChI=1S/C16H22O4/c1-3-5-7-11-12(8-6-4-2)14(16(19)20)10-9-13(11)15(17)18/h9-10H,3-8H2,1-2H3,(H,17,18)(H,19,20)/p-2. The zero-order valence-electron chi connectivity index (χ0n) is 12.0. The number of carboxylic acids is 2. The second-order valence-corrected chi connectivity index (χ2v) is 4.90. The van der Waals surface area contributed by atoms with Gasteiger partial charge in [0.25, 0.3) is 0 Å². The summed E-state index contributed by atoms with van der Waals surface area (Å²) in [6, 6.07) is 2.64. The van der Waals surface area contributed by atoms with Crippen LogP contribution in [0.5, 0.6) is 0 Å². The first-order chi connectivity index (χ1) is 9.52. The van der Waals surface area contributed by atoms with Crippen molar-refractivity contribution in [2.24, 2.45) is 0 Å². The number of rotatable bonds is 8. The molecule has 1 aromatic rings. The molecule has 0 spiro atoms. The molecule has 20 heavy (non-hydrogen) atoms. The van der Waals surface area contributed by atoms with E-state index < -0.39 is 11.9 Å². The zero-order chi connectivity index (χ0) is 15.1. The SMILES string of the molecule is CCCCc1c(C(=O)[O-])ccc(C(=O)[O-])c1CCCC. The number of carbonyl (C=O) groups is 2. The fourth-order valence-corrected chi connectivity index (χ4v) is 2.35. The van der Waals surface area contributed by atoms with Gasteiger partial charge in [-0.25, -0.2) is 0 Å². The molecule has 0 atom stereocenters. The van der Waals surface area contributed by atoms with Crippen molar-refractivity contribution in [1.29, 1.82) is 0 Å². The molecule has 0 amide bonds. The van der Waals surface area contributed by atoms with Gasteiger partial charge in [0.05, 0.1) is 11.9 Å². The summed E-state index contributed by atoms with van der Waals surface area (Å²) in [7, 11) is 0. The molecule has 0 radical (unpaired) electrons. The molecule has 1 rings (SSSR count). The fourth-order valence-electron chi connectivity index (χ4n) is 2.35. The molecule has 1 aromatic carbocycles. The van der Waals surface area contributed by atoms with Crippen molar-refractivity contribution >= 4 is 11.9 Å². The van der Waals surface area contributed by atoms with Crippen LogP contribution in [0.3, 0.4) is 0 Å². The highest BCUT2D eigenvalue weighted by atomic mass is 16.4. The second kappa shape index (κ2) is 7.68. The fraction of sp³-hybridized carbons (Fsp3) is 0.500. The third-order valence-electron chi connectivity index (χ3n) is 3.43. The second-order valence-electron chi connectivity index (χ2n) is 4.90. The van der Waals surface area contributed by atoms with E-state index in [1.165, 1.54) is 12.1 Å². The van der Waals surface area contributed by atoms with Crippen molar-refractivity contribution in [2.75, 3.05) is 0 Å². The lowest BCUT2D eigenvalue weighted by Gasteiger charge is -2.20. The van der Waals surface area contributed by atoms with Crippen LogP contribution in [-0.2, 0) is 12.8 Å². The van der Waals surface area contributed by atoms with Crippen LogP contribution in [0.15, 0.2) is 12.1 Å². The van der Waals surface area contributed by atoms with Gasteiger partial charge in [0, 0.05) is 11.1 Å². The Morgan fingerprint density at radius 2 is 1.20 bits per heavy atom. The molecule has 4 heteroatoms. The summed E-state index contributed by atoms with van der Waals surface area (Å²) in [6.45, 7) is 4.01. The van der Waals surface area contributed by atoms with E-state index >= 15 is 0 Å². The van der Waals surface area contributed by atoms with Crippen LogP contribution in [0.2, 0.25) is 0 Å². The Morgan fingerprint density at radius 3 is 1.45 bits per heavy atom. The summed E-state index contributed by atoms with van der Waals surface area (Å²) >= 11 is 0. The van der Waals surface area contributed by atoms with E-state index in [2.05, 4.69) is 0 Å². The predicted molar refractivity (Wildman–Crippen MR) is 72.3 cm³/mol. The number of hydrogen-bond acceptors (Lipinski definition) is 4. The molecule has 110 valence electrons. The number of hydrogen-bond donors (Lipinski definition) is 0.